The van der Waals surface area contributed by atoms with Crippen molar-refractivity contribution in [1.82, 2.24) is 14.5 Å². The van der Waals surface area contributed by atoms with Gasteiger partial charge in [-0.1, -0.05) is 0 Å². The molecule has 4 atom stereocenters. The fraction of sp³-hybridized carbons (Fsp3) is 0.667. The molecule has 1 fully saturated rings. The Kier molecular flexibility index (Phi) is 4.78. The van der Waals surface area contributed by atoms with E-state index in [2.05, 4.69) is 9.97 Å². The second kappa shape index (κ2) is 6.36. The Hall–Kier alpha value is -1.12. The zero-order chi connectivity index (χ0) is 13.8. The van der Waals surface area contributed by atoms with Crippen molar-refractivity contribution in [1.29, 1.82) is 0 Å². The first-order valence-electron chi connectivity index (χ1n) is 5.55. The van der Waals surface area contributed by atoms with Crippen molar-refractivity contribution in [2.45, 2.75) is 24.9 Å². The van der Waals surface area contributed by atoms with Gasteiger partial charge in [-0.3, -0.25) is 4.57 Å². The second-order valence-electron chi connectivity index (χ2n) is 3.94. The van der Waals surface area contributed by atoms with Crippen LogP contribution in [0.5, 0.6) is 0 Å². The molecule has 0 aromatic carbocycles. The molecule has 0 radical (unpaired) electrons. The molecule has 2 rings (SSSR count). The fourth-order valence-electron chi connectivity index (χ4n) is 1.76. The molecule has 1 saturated heterocycles. The van der Waals surface area contributed by atoms with Crippen LogP contribution in [-0.4, -0.2) is 45.6 Å². The number of rotatable bonds is 5. The zero-order valence-corrected chi connectivity index (χ0v) is 11.2. The smallest absolute Gasteiger partial charge is 0.354 e. The Bertz CT molecular complexity index is 484. The van der Waals surface area contributed by atoms with E-state index in [-0.39, 0.29) is 28.0 Å². The lowest BCUT2D eigenvalue weighted by atomic mass is 10.2. The SMILES string of the molecule is COPOC[C@H]1O[C@@H](n2cnc(N)nc2=O)C[C@H]1O. The first-order valence-corrected chi connectivity index (χ1v) is 6.37. The normalized spacial score (nSPS) is 27.4. The molecule has 2 heterocycles. The molecule has 3 N–H and O–H groups in total. The van der Waals surface area contributed by atoms with Gasteiger partial charge in [-0.15, -0.1) is 0 Å². The lowest BCUT2D eigenvalue weighted by Crippen LogP contribution is -2.29. The van der Waals surface area contributed by atoms with Gasteiger partial charge in [0, 0.05) is 13.5 Å². The molecule has 0 bridgehead atoms. The molecule has 0 aliphatic carbocycles. The maximum atomic E-state index is 11.6. The third-order valence-electron chi connectivity index (χ3n) is 2.65. The van der Waals surface area contributed by atoms with E-state index in [1.807, 2.05) is 0 Å². The summed E-state index contributed by atoms with van der Waals surface area (Å²) in [4.78, 5) is 18.9. The van der Waals surface area contributed by atoms with E-state index in [0.717, 1.165) is 0 Å². The Labute approximate surface area is 110 Å². The number of aromatic nitrogens is 3. The average molecular weight is 290 g/mol. The van der Waals surface area contributed by atoms with Gasteiger partial charge in [-0.05, 0) is 0 Å². The first kappa shape index (κ1) is 14.3. The van der Waals surface area contributed by atoms with E-state index in [9.17, 15) is 9.90 Å². The molecule has 1 aliphatic heterocycles. The van der Waals surface area contributed by atoms with Crippen LogP contribution in [0, 0.1) is 0 Å². The maximum absolute atomic E-state index is 11.6. The highest BCUT2D eigenvalue weighted by Gasteiger charge is 2.35. The summed E-state index contributed by atoms with van der Waals surface area (Å²) >= 11 is 0. The minimum absolute atomic E-state index is 0.0963. The quantitative estimate of drug-likeness (QED) is 0.525. The number of aliphatic hydroxyl groups excluding tert-OH is 1. The molecule has 106 valence electrons. The van der Waals surface area contributed by atoms with Crippen LogP contribution in [0.4, 0.5) is 5.95 Å². The largest absolute Gasteiger partial charge is 0.390 e. The number of nitrogens with two attached hydrogens (primary N) is 1. The highest BCUT2D eigenvalue weighted by molar-refractivity contribution is 7.26. The topological polar surface area (TPSA) is 122 Å². The molecule has 0 amide bonds. The van der Waals surface area contributed by atoms with Crippen molar-refractivity contribution in [3.8, 4) is 0 Å². The Balaban J connectivity index is 2.01. The van der Waals surface area contributed by atoms with Gasteiger partial charge in [0.1, 0.15) is 18.7 Å². The van der Waals surface area contributed by atoms with Crippen LogP contribution in [0.1, 0.15) is 12.6 Å². The van der Waals surface area contributed by atoms with Gasteiger partial charge < -0.3 is 24.6 Å². The van der Waals surface area contributed by atoms with Crippen molar-refractivity contribution >= 4 is 15.0 Å². The van der Waals surface area contributed by atoms with Gasteiger partial charge in [0.05, 0.1) is 12.7 Å². The summed E-state index contributed by atoms with van der Waals surface area (Å²) in [5, 5.41) is 9.84. The van der Waals surface area contributed by atoms with E-state index in [0.29, 0.717) is 0 Å². The van der Waals surface area contributed by atoms with Crippen LogP contribution in [-0.2, 0) is 13.8 Å². The number of anilines is 1. The average Bonchev–Trinajstić information content (AvgIpc) is 2.71. The van der Waals surface area contributed by atoms with E-state index in [4.69, 9.17) is 19.5 Å². The number of hydrogen-bond donors (Lipinski definition) is 2. The standard InChI is InChI=1S/C9H15N4O5P/c1-16-19-17-3-6-5(14)2-7(18-6)13-4-11-8(10)12-9(13)15/h4-7,14,19H,2-3H2,1H3,(H2,10,12,15)/t5-,6-,7-/m1/s1. The lowest BCUT2D eigenvalue weighted by Gasteiger charge is -2.15. The minimum atomic E-state index is -0.726. The monoisotopic (exact) mass is 290 g/mol. The van der Waals surface area contributed by atoms with E-state index in [1.54, 1.807) is 0 Å². The zero-order valence-electron chi connectivity index (χ0n) is 10.2. The highest BCUT2D eigenvalue weighted by Crippen LogP contribution is 2.28. The molecule has 1 aliphatic rings. The fourth-order valence-corrected chi connectivity index (χ4v) is 2.11. The van der Waals surface area contributed by atoms with Crippen molar-refractivity contribution in [3.63, 3.8) is 0 Å². The lowest BCUT2D eigenvalue weighted by molar-refractivity contribution is -0.0404. The van der Waals surface area contributed by atoms with Gasteiger partial charge in [0.2, 0.25) is 5.95 Å². The highest BCUT2D eigenvalue weighted by atomic mass is 31.1. The van der Waals surface area contributed by atoms with Crippen LogP contribution >= 0.6 is 9.03 Å². The van der Waals surface area contributed by atoms with Gasteiger partial charge >= 0.3 is 5.69 Å². The minimum Gasteiger partial charge on any atom is -0.390 e. The number of nitrogen functional groups attached to an aromatic ring is 1. The van der Waals surface area contributed by atoms with Gasteiger partial charge in [0.15, 0.2) is 9.03 Å². The van der Waals surface area contributed by atoms with E-state index in [1.165, 1.54) is 18.0 Å². The summed E-state index contributed by atoms with van der Waals surface area (Å²) in [5.41, 5.74) is 4.74. The maximum Gasteiger partial charge on any atom is 0.354 e. The van der Waals surface area contributed by atoms with Crippen molar-refractivity contribution in [2.75, 3.05) is 19.5 Å². The summed E-state index contributed by atoms with van der Waals surface area (Å²) in [6, 6.07) is 0. The summed E-state index contributed by atoms with van der Waals surface area (Å²) in [7, 11) is 1.40. The number of nitrogens with zero attached hydrogens (tertiary/aromatic N) is 3. The Morgan fingerprint density at radius 1 is 1.74 bits per heavy atom. The van der Waals surface area contributed by atoms with Crippen molar-refractivity contribution in [2.24, 2.45) is 0 Å². The van der Waals surface area contributed by atoms with Crippen molar-refractivity contribution < 1.29 is 18.9 Å². The van der Waals surface area contributed by atoms with Gasteiger partial charge in [-0.25, -0.2) is 9.78 Å². The van der Waals surface area contributed by atoms with Gasteiger partial charge in [-0.2, -0.15) is 4.98 Å². The first-order chi connectivity index (χ1) is 9.11. The molecule has 19 heavy (non-hydrogen) atoms. The molecule has 1 unspecified atom stereocenters. The van der Waals surface area contributed by atoms with Crippen LogP contribution in [0.15, 0.2) is 11.1 Å². The molecular formula is C9H15N4O5P. The third kappa shape index (κ3) is 3.46. The third-order valence-corrected chi connectivity index (χ3v) is 3.10. The second-order valence-corrected chi connectivity index (χ2v) is 4.80. The molecule has 1 aromatic rings. The molecule has 1 aromatic heterocycles. The number of ether oxygens (including phenoxy) is 1. The van der Waals surface area contributed by atoms with Crippen LogP contribution in [0.3, 0.4) is 0 Å². The van der Waals surface area contributed by atoms with Crippen molar-refractivity contribution in [3.05, 3.63) is 16.8 Å². The van der Waals surface area contributed by atoms with E-state index < -0.39 is 24.1 Å². The molecular weight excluding hydrogens is 275 g/mol. The number of hydrogen-bond acceptors (Lipinski definition) is 8. The number of aliphatic hydroxyl groups is 1. The summed E-state index contributed by atoms with van der Waals surface area (Å²) in [5.74, 6) is -0.0963. The molecule has 0 saturated carbocycles. The van der Waals surface area contributed by atoms with Crippen LogP contribution < -0.4 is 11.4 Å². The Morgan fingerprint density at radius 2 is 2.53 bits per heavy atom. The van der Waals surface area contributed by atoms with Gasteiger partial charge in [0.25, 0.3) is 0 Å². The van der Waals surface area contributed by atoms with Crippen LogP contribution in [0.2, 0.25) is 0 Å². The van der Waals surface area contributed by atoms with Crippen LogP contribution in [0.25, 0.3) is 0 Å². The molecule has 10 heteroatoms. The van der Waals surface area contributed by atoms with E-state index >= 15 is 0 Å². The summed E-state index contributed by atoms with van der Waals surface area (Å²) < 4.78 is 16.6. The summed E-state index contributed by atoms with van der Waals surface area (Å²) in [6.07, 6.45) is -0.352. The summed E-state index contributed by atoms with van der Waals surface area (Å²) in [6.45, 7) is 0.189. The molecule has 9 nitrogen and oxygen atoms in total. The predicted octanol–water partition coefficient (Wildman–Crippen LogP) is -0.960. The molecule has 0 spiro atoms. The predicted molar refractivity (Wildman–Crippen MR) is 66.5 cm³/mol. The Morgan fingerprint density at radius 3 is 3.21 bits per heavy atom.